The number of amides is 1. The molecule has 0 aliphatic carbocycles. The number of ether oxygens (including phenoxy) is 2. The van der Waals surface area contributed by atoms with E-state index in [0.717, 1.165) is 22.2 Å². The molecule has 33 heavy (non-hydrogen) atoms. The quantitative estimate of drug-likeness (QED) is 0.260. The summed E-state index contributed by atoms with van der Waals surface area (Å²) in [5.41, 5.74) is 1.30. The molecule has 0 bridgehead atoms. The number of carbonyl (C=O) groups is 2. The van der Waals surface area contributed by atoms with E-state index in [1.54, 1.807) is 31.4 Å². The number of thioether (sulfide) groups is 1. The Morgan fingerprint density at radius 3 is 2.27 bits per heavy atom. The van der Waals surface area contributed by atoms with Crippen LogP contribution < -0.4 is 10.1 Å². The van der Waals surface area contributed by atoms with Gasteiger partial charge < -0.3 is 14.8 Å². The summed E-state index contributed by atoms with van der Waals surface area (Å²) in [6.07, 6.45) is -0.723. The van der Waals surface area contributed by atoms with E-state index in [1.807, 2.05) is 30.3 Å². The van der Waals surface area contributed by atoms with Crippen LogP contribution in [0, 0.1) is 10.1 Å². The molecule has 0 saturated carbocycles. The highest BCUT2D eigenvalue weighted by Crippen LogP contribution is 2.28. The fraction of sp³-hybridized carbons (Fsp3) is 0.167. The number of nitrogens with zero attached hydrogens (tertiary/aromatic N) is 1. The van der Waals surface area contributed by atoms with Crippen LogP contribution in [0.2, 0.25) is 0 Å². The predicted molar refractivity (Wildman–Crippen MR) is 124 cm³/mol. The summed E-state index contributed by atoms with van der Waals surface area (Å²) < 4.78 is 10.4. The molecule has 8 nitrogen and oxygen atoms in total. The SMILES string of the molecule is COc1ccc(SC(=O)C[C@@H](NC(=O)OCc2ccccc2)c2ccc([N+](=O)[O-])cc2)cc1. The minimum absolute atomic E-state index is 0.0328. The number of hydrogen-bond donors (Lipinski definition) is 1. The van der Waals surface area contributed by atoms with E-state index in [1.165, 1.54) is 24.3 Å². The third-order valence-corrected chi connectivity index (χ3v) is 5.58. The van der Waals surface area contributed by atoms with Crippen LogP contribution in [0.5, 0.6) is 5.75 Å². The number of hydrogen-bond acceptors (Lipinski definition) is 7. The van der Waals surface area contributed by atoms with Gasteiger partial charge in [-0.25, -0.2) is 4.79 Å². The topological polar surface area (TPSA) is 108 Å². The van der Waals surface area contributed by atoms with E-state index in [-0.39, 0.29) is 23.8 Å². The lowest BCUT2D eigenvalue weighted by molar-refractivity contribution is -0.384. The summed E-state index contributed by atoms with van der Waals surface area (Å²) in [4.78, 5) is 36.3. The molecule has 0 heterocycles. The maximum Gasteiger partial charge on any atom is 0.407 e. The second-order valence-electron chi connectivity index (χ2n) is 6.96. The second kappa shape index (κ2) is 11.7. The van der Waals surface area contributed by atoms with Crippen molar-refractivity contribution in [2.75, 3.05) is 7.11 Å². The summed E-state index contributed by atoms with van der Waals surface area (Å²) in [6, 6.07) is 21.2. The van der Waals surface area contributed by atoms with Crippen LogP contribution >= 0.6 is 11.8 Å². The first-order chi connectivity index (χ1) is 15.9. The van der Waals surface area contributed by atoms with Crippen LogP contribution in [0.25, 0.3) is 0 Å². The molecule has 170 valence electrons. The van der Waals surface area contributed by atoms with Crippen molar-refractivity contribution in [1.29, 1.82) is 0 Å². The molecule has 3 aromatic rings. The molecule has 1 N–H and O–H groups in total. The Morgan fingerprint density at radius 1 is 1.00 bits per heavy atom. The highest BCUT2D eigenvalue weighted by atomic mass is 32.2. The minimum atomic E-state index is -0.715. The molecule has 0 saturated heterocycles. The molecular formula is C24H22N2O6S. The Morgan fingerprint density at radius 2 is 1.67 bits per heavy atom. The summed E-state index contributed by atoms with van der Waals surface area (Å²) in [7, 11) is 1.56. The van der Waals surface area contributed by atoms with Crippen molar-refractivity contribution in [2.24, 2.45) is 0 Å². The van der Waals surface area contributed by atoms with Gasteiger partial charge in [-0.3, -0.25) is 14.9 Å². The number of alkyl carbamates (subject to hydrolysis) is 1. The van der Waals surface area contributed by atoms with Crippen molar-refractivity contribution >= 4 is 28.7 Å². The van der Waals surface area contributed by atoms with Gasteiger partial charge in [-0.15, -0.1) is 0 Å². The smallest absolute Gasteiger partial charge is 0.407 e. The Kier molecular flexibility index (Phi) is 8.43. The van der Waals surface area contributed by atoms with Gasteiger partial charge in [0.1, 0.15) is 12.4 Å². The van der Waals surface area contributed by atoms with Crippen LogP contribution in [0.3, 0.4) is 0 Å². The third kappa shape index (κ3) is 7.36. The number of carbonyl (C=O) groups excluding carboxylic acids is 2. The van der Waals surface area contributed by atoms with Gasteiger partial charge in [0.25, 0.3) is 5.69 Å². The molecular weight excluding hydrogens is 444 g/mol. The molecule has 1 amide bonds. The van der Waals surface area contributed by atoms with Crippen molar-refractivity contribution in [1.82, 2.24) is 5.32 Å². The third-order valence-electron chi connectivity index (χ3n) is 4.67. The normalized spacial score (nSPS) is 11.3. The number of rotatable bonds is 9. The molecule has 9 heteroatoms. The van der Waals surface area contributed by atoms with E-state index in [0.29, 0.717) is 11.3 Å². The molecule has 3 rings (SSSR count). The van der Waals surface area contributed by atoms with Gasteiger partial charge in [0.2, 0.25) is 0 Å². The van der Waals surface area contributed by atoms with Crippen molar-refractivity contribution in [3.05, 3.63) is 100 Å². The first-order valence-electron chi connectivity index (χ1n) is 10.0. The van der Waals surface area contributed by atoms with E-state index in [9.17, 15) is 19.7 Å². The maximum atomic E-state index is 12.7. The molecule has 0 fully saturated rings. The van der Waals surface area contributed by atoms with Gasteiger partial charge in [-0.2, -0.15) is 0 Å². The molecule has 1 atom stereocenters. The number of non-ortho nitro benzene ring substituents is 1. The number of benzene rings is 3. The van der Waals surface area contributed by atoms with Gasteiger partial charge in [0, 0.05) is 23.4 Å². The highest BCUT2D eigenvalue weighted by Gasteiger charge is 2.21. The van der Waals surface area contributed by atoms with Crippen LogP contribution in [-0.4, -0.2) is 23.2 Å². The van der Waals surface area contributed by atoms with Crippen LogP contribution in [0.15, 0.2) is 83.8 Å². The molecule has 0 aliphatic heterocycles. The van der Waals surface area contributed by atoms with E-state index >= 15 is 0 Å². The zero-order valence-electron chi connectivity index (χ0n) is 17.8. The highest BCUT2D eigenvalue weighted by molar-refractivity contribution is 8.13. The number of nitro groups is 1. The Bertz CT molecular complexity index is 1090. The van der Waals surface area contributed by atoms with E-state index in [4.69, 9.17) is 9.47 Å². The van der Waals surface area contributed by atoms with Gasteiger partial charge in [-0.05, 0) is 35.4 Å². The summed E-state index contributed by atoms with van der Waals surface area (Å²) >= 11 is 1.04. The predicted octanol–water partition coefficient (Wildman–Crippen LogP) is 5.28. The Labute approximate surface area is 195 Å². The molecule has 0 radical (unpaired) electrons. The lowest BCUT2D eigenvalue weighted by atomic mass is 10.0. The molecule has 0 spiro atoms. The number of nitrogens with one attached hydrogen (secondary N) is 1. The zero-order chi connectivity index (χ0) is 23.6. The Balaban J connectivity index is 1.69. The largest absolute Gasteiger partial charge is 0.497 e. The van der Waals surface area contributed by atoms with Crippen molar-refractivity contribution in [3.8, 4) is 5.75 Å². The zero-order valence-corrected chi connectivity index (χ0v) is 18.6. The molecule has 0 aromatic heterocycles. The number of methoxy groups -OCH3 is 1. The summed E-state index contributed by atoms with van der Waals surface area (Å²) in [6.45, 7) is 0.0776. The van der Waals surface area contributed by atoms with E-state index < -0.39 is 17.1 Å². The van der Waals surface area contributed by atoms with Crippen molar-refractivity contribution < 1.29 is 24.0 Å². The second-order valence-corrected chi connectivity index (χ2v) is 8.09. The summed E-state index contributed by atoms with van der Waals surface area (Å²) in [5.74, 6) is 0.679. The van der Waals surface area contributed by atoms with Crippen molar-refractivity contribution in [3.63, 3.8) is 0 Å². The number of nitro benzene ring substituents is 1. The van der Waals surface area contributed by atoms with Gasteiger partial charge in [0.15, 0.2) is 5.12 Å². The molecule has 0 unspecified atom stereocenters. The minimum Gasteiger partial charge on any atom is -0.497 e. The average Bonchev–Trinajstić information content (AvgIpc) is 2.83. The maximum absolute atomic E-state index is 12.7. The fourth-order valence-electron chi connectivity index (χ4n) is 2.97. The Hall–Kier alpha value is -3.85. The van der Waals surface area contributed by atoms with Crippen LogP contribution in [0.4, 0.5) is 10.5 Å². The van der Waals surface area contributed by atoms with Crippen LogP contribution in [-0.2, 0) is 16.1 Å². The lowest BCUT2D eigenvalue weighted by Crippen LogP contribution is -2.30. The van der Waals surface area contributed by atoms with Gasteiger partial charge >= 0.3 is 6.09 Å². The van der Waals surface area contributed by atoms with Gasteiger partial charge in [0.05, 0.1) is 18.1 Å². The molecule has 3 aromatic carbocycles. The lowest BCUT2D eigenvalue weighted by Gasteiger charge is -2.18. The van der Waals surface area contributed by atoms with Crippen molar-refractivity contribution in [2.45, 2.75) is 24.0 Å². The first kappa shape index (κ1) is 23.8. The average molecular weight is 467 g/mol. The van der Waals surface area contributed by atoms with E-state index in [2.05, 4.69) is 5.32 Å². The van der Waals surface area contributed by atoms with Crippen LogP contribution in [0.1, 0.15) is 23.6 Å². The molecule has 0 aliphatic rings. The monoisotopic (exact) mass is 466 g/mol. The standard InChI is InChI=1S/C24H22N2O6S/c1-31-20-11-13-21(14-12-20)33-23(27)15-22(18-7-9-19(10-8-18)26(29)30)25-24(28)32-16-17-5-3-2-4-6-17/h2-14,22H,15-16H2,1H3,(H,25,28)/t22-/m1/s1. The first-order valence-corrected chi connectivity index (χ1v) is 10.8. The van der Waals surface area contributed by atoms with Gasteiger partial charge in [-0.1, -0.05) is 54.2 Å². The summed E-state index contributed by atoms with van der Waals surface area (Å²) in [5, 5.41) is 13.5. The fourth-order valence-corrected chi connectivity index (χ4v) is 3.76.